The number of non-ortho nitro benzene ring substituents is 1. The minimum atomic E-state index is -3.88. The highest BCUT2D eigenvalue weighted by Crippen LogP contribution is 2.28. The van der Waals surface area contributed by atoms with Gasteiger partial charge in [0.25, 0.3) is 15.7 Å². The normalized spacial score (nSPS) is 11.1. The minimum absolute atomic E-state index is 0.160. The summed E-state index contributed by atoms with van der Waals surface area (Å²) >= 11 is 0. The van der Waals surface area contributed by atoms with Crippen molar-refractivity contribution >= 4 is 27.1 Å². The van der Waals surface area contributed by atoms with Gasteiger partial charge in [-0.2, -0.15) is 0 Å². The largest absolute Gasteiger partial charge is 0.397 e. The number of benzene rings is 2. The molecule has 2 rings (SSSR count). The third-order valence-corrected chi connectivity index (χ3v) is 4.82. The molecule has 2 N–H and O–H groups in total. The smallest absolute Gasteiger partial charge is 0.271 e. The van der Waals surface area contributed by atoms with Gasteiger partial charge in [-0.15, -0.1) is 0 Å². The molecule has 0 spiro atoms. The summed E-state index contributed by atoms with van der Waals surface area (Å²) in [6.07, 6.45) is 0. The van der Waals surface area contributed by atoms with Crippen LogP contribution in [0.3, 0.4) is 0 Å². The molecule has 0 heterocycles. The van der Waals surface area contributed by atoms with Crippen LogP contribution in [0.25, 0.3) is 0 Å². The van der Waals surface area contributed by atoms with Gasteiger partial charge in [0.1, 0.15) is 4.90 Å². The number of sulfonamides is 1. The van der Waals surface area contributed by atoms with Crippen molar-refractivity contribution in [1.82, 2.24) is 0 Å². The van der Waals surface area contributed by atoms with Crippen molar-refractivity contribution in [3.63, 3.8) is 0 Å². The fourth-order valence-corrected chi connectivity index (χ4v) is 3.10. The van der Waals surface area contributed by atoms with Crippen molar-refractivity contribution in [2.24, 2.45) is 0 Å². The molecule has 0 amide bonds. The second kappa shape index (κ2) is 5.41. The van der Waals surface area contributed by atoms with E-state index in [1.165, 1.54) is 7.05 Å². The highest BCUT2D eigenvalue weighted by molar-refractivity contribution is 7.93. The van der Waals surface area contributed by atoms with Gasteiger partial charge in [-0.1, -0.05) is 18.2 Å². The van der Waals surface area contributed by atoms with E-state index in [4.69, 9.17) is 5.73 Å². The summed E-state index contributed by atoms with van der Waals surface area (Å²) in [5.74, 6) is 0. The van der Waals surface area contributed by atoms with Crippen molar-refractivity contribution in [2.75, 3.05) is 17.1 Å². The van der Waals surface area contributed by atoms with Gasteiger partial charge in [-0.25, -0.2) is 8.42 Å². The number of nitro groups is 1. The molecule has 2 aromatic rings. The van der Waals surface area contributed by atoms with Crippen LogP contribution in [-0.4, -0.2) is 20.4 Å². The van der Waals surface area contributed by atoms with E-state index >= 15 is 0 Å². The maximum Gasteiger partial charge on any atom is 0.271 e. The first-order valence-electron chi connectivity index (χ1n) is 5.92. The second-order valence-corrected chi connectivity index (χ2v) is 6.23. The maximum atomic E-state index is 12.5. The minimum Gasteiger partial charge on any atom is -0.397 e. The number of rotatable bonds is 4. The zero-order valence-corrected chi connectivity index (χ0v) is 11.9. The van der Waals surface area contributed by atoms with Crippen LogP contribution in [0, 0.1) is 10.1 Å². The molecule has 0 saturated heterocycles. The molecular weight excluding hydrogens is 294 g/mol. The Hall–Kier alpha value is -2.61. The topological polar surface area (TPSA) is 107 Å². The zero-order valence-electron chi connectivity index (χ0n) is 11.1. The molecule has 0 bridgehead atoms. The Morgan fingerprint density at radius 2 is 1.76 bits per heavy atom. The van der Waals surface area contributed by atoms with Crippen LogP contribution in [0.1, 0.15) is 0 Å². The predicted octanol–water partition coefficient (Wildman–Crippen LogP) is 2.00. The average Bonchev–Trinajstić information content (AvgIpc) is 2.46. The van der Waals surface area contributed by atoms with E-state index in [0.29, 0.717) is 5.69 Å². The summed E-state index contributed by atoms with van der Waals surface area (Å²) in [7, 11) is -2.49. The number of nitro benzene ring substituents is 1. The summed E-state index contributed by atoms with van der Waals surface area (Å²) in [5.41, 5.74) is 5.70. The molecule has 0 atom stereocenters. The van der Waals surface area contributed by atoms with Crippen molar-refractivity contribution in [3.8, 4) is 0 Å². The predicted molar refractivity (Wildman–Crippen MR) is 79.5 cm³/mol. The molecule has 21 heavy (non-hydrogen) atoms. The van der Waals surface area contributed by atoms with Gasteiger partial charge in [-0.3, -0.25) is 14.4 Å². The Labute approximate surface area is 121 Å². The van der Waals surface area contributed by atoms with Gasteiger partial charge in [0, 0.05) is 19.2 Å². The number of anilines is 2. The molecule has 0 aliphatic carbocycles. The first-order chi connectivity index (χ1) is 9.84. The molecule has 0 aliphatic rings. The highest BCUT2D eigenvalue weighted by Gasteiger charge is 2.25. The van der Waals surface area contributed by atoms with Crippen LogP contribution in [0.15, 0.2) is 53.4 Å². The molecule has 2 aromatic carbocycles. The van der Waals surface area contributed by atoms with E-state index in [9.17, 15) is 18.5 Å². The zero-order chi connectivity index (χ0) is 15.6. The molecule has 0 radical (unpaired) electrons. The molecular formula is C13H13N3O4S. The first kappa shape index (κ1) is 14.8. The summed E-state index contributed by atoms with van der Waals surface area (Å²) < 4.78 is 26.1. The molecule has 0 saturated carbocycles. The van der Waals surface area contributed by atoms with Crippen LogP contribution < -0.4 is 10.0 Å². The SMILES string of the molecule is CN(c1ccccc1)S(=O)(=O)c1ccc([N+](=O)[O-])cc1N. The number of hydrogen-bond acceptors (Lipinski definition) is 5. The summed E-state index contributed by atoms with van der Waals surface area (Å²) in [4.78, 5) is 9.86. The Bertz CT molecular complexity index is 775. The van der Waals surface area contributed by atoms with Crippen LogP contribution in [-0.2, 0) is 10.0 Å². The quantitative estimate of drug-likeness (QED) is 0.528. The van der Waals surface area contributed by atoms with Crippen LogP contribution >= 0.6 is 0 Å². The molecule has 0 fully saturated rings. The number of hydrogen-bond donors (Lipinski definition) is 1. The maximum absolute atomic E-state index is 12.5. The van der Waals surface area contributed by atoms with Crippen LogP contribution in [0.2, 0.25) is 0 Å². The van der Waals surface area contributed by atoms with E-state index in [0.717, 1.165) is 22.5 Å². The Morgan fingerprint density at radius 3 is 2.29 bits per heavy atom. The summed E-state index contributed by atoms with van der Waals surface area (Å²) in [6.45, 7) is 0. The molecule has 0 unspecified atom stereocenters. The van der Waals surface area contributed by atoms with Gasteiger partial charge >= 0.3 is 0 Å². The van der Waals surface area contributed by atoms with Gasteiger partial charge in [0.05, 0.1) is 16.3 Å². The fourth-order valence-electron chi connectivity index (χ4n) is 1.81. The summed E-state index contributed by atoms with van der Waals surface area (Å²) in [5, 5.41) is 10.7. The molecule has 110 valence electrons. The number of nitrogen functional groups attached to an aromatic ring is 1. The number of nitrogens with zero attached hydrogens (tertiary/aromatic N) is 2. The monoisotopic (exact) mass is 307 g/mol. The van der Waals surface area contributed by atoms with Gasteiger partial charge in [0.15, 0.2) is 0 Å². The molecule has 8 heteroatoms. The van der Waals surface area contributed by atoms with Crippen molar-refractivity contribution in [3.05, 3.63) is 58.6 Å². The second-order valence-electron chi connectivity index (χ2n) is 4.29. The number of para-hydroxylation sites is 1. The lowest BCUT2D eigenvalue weighted by molar-refractivity contribution is -0.384. The Morgan fingerprint density at radius 1 is 1.14 bits per heavy atom. The van der Waals surface area contributed by atoms with Gasteiger partial charge in [-0.05, 0) is 18.2 Å². The fraction of sp³-hybridized carbons (Fsp3) is 0.0769. The molecule has 0 aromatic heterocycles. The lowest BCUT2D eigenvalue weighted by atomic mass is 10.3. The average molecular weight is 307 g/mol. The third-order valence-electron chi connectivity index (χ3n) is 2.96. The van der Waals surface area contributed by atoms with Crippen molar-refractivity contribution in [1.29, 1.82) is 0 Å². The van der Waals surface area contributed by atoms with E-state index < -0.39 is 14.9 Å². The van der Waals surface area contributed by atoms with E-state index in [1.807, 2.05) is 0 Å². The van der Waals surface area contributed by atoms with E-state index in [2.05, 4.69) is 0 Å². The lowest BCUT2D eigenvalue weighted by Gasteiger charge is -2.20. The van der Waals surface area contributed by atoms with Crippen LogP contribution in [0.5, 0.6) is 0 Å². The molecule has 0 aliphatic heterocycles. The van der Waals surface area contributed by atoms with Crippen molar-refractivity contribution < 1.29 is 13.3 Å². The Kier molecular flexibility index (Phi) is 3.81. The van der Waals surface area contributed by atoms with Gasteiger partial charge in [0.2, 0.25) is 0 Å². The van der Waals surface area contributed by atoms with E-state index in [1.54, 1.807) is 30.3 Å². The highest BCUT2D eigenvalue weighted by atomic mass is 32.2. The first-order valence-corrected chi connectivity index (χ1v) is 7.36. The Balaban J connectivity index is 2.47. The van der Waals surface area contributed by atoms with Crippen LogP contribution in [0.4, 0.5) is 17.1 Å². The summed E-state index contributed by atoms with van der Waals surface area (Å²) in [6, 6.07) is 11.7. The van der Waals surface area contributed by atoms with Crippen molar-refractivity contribution in [2.45, 2.75) is 4.90 Å². The number of nitrogens with two attached hydrogens (primary N) is 1. The lowest BCUT2D eigenvalue weighted by Crippen LogP contribution is -2.27. The van der Waals surface area contributed by atoms with Gasteiger partial charge < -0.3 is 5.73 Å². The standard InChI is InChI=1S/C13H13N3O4S/c1-15(10-5-3-2-4-6-10)21(19,20)13-8-7-11(16(17)18)9-12(13)14/h2-9H,14H2,1H3. The third kappa shape index (κ3) is 2.79. The van der Waals surface area contributed by atoms with E-state index in [-0.39, 0.29) is 16.3 Å². The molecule has 7 nitrogen and oxygen atoms in total.